The summed E-state index contributed by atoms with van der Waals surface area (Å²) < 4.78 is 0. The number of carboxylic acid groups (broad SMARTS) is 1. The number of H-pyrrole nitrogens is 1. The lowest BCUT2D eigenvalue weighted by atomic mass is 10.1. The molecule has 0 saturated carbocycles. The summed E-state index contributed by atoms with van der Waals surface area (Å²) in [5.41, 5.74) is 2.45. The van der Waals surface area contributed by atoms with E-state index in [4.69, 9.17) is 5.11 Å². The molecule has 0 spiro atoms. The van der Waals surface area contributed by atoms with Crippen LogP contribution in [0.25, 0.3) is 23.2 Å². The first-order valence-corrected chi connectivity index (χ1v) is 6.64. The smallest absolute Gasteiger partial charge is 0.335 e. The Labute approximate surface area is 125 Å². The number of aromatic carboxylic acids is 1. The number of aromatic amines is 1. The lowest BCUT2D eigenvalue weighted by molar-refractivity contribution is 0.0697. The molecule has 0 unspecified atom stereocenters. The SMILES string of the molecule is O=C(O)c1ccc(/C=C/c2nc3ccccc3[nH]c2=O)cc1. The van der Waals surface area contributed by atoms with E-state index in [1.807, 2.05) is 18.2 Å². The van der Waals surface area contributed by atoms with Gasteiger partial charge in [0.2, 0.25) is 0 Å². The van der Waals surface area contributed by atoms with Gasteiger partial charge < -0.3 is 10.1 Å². The van der Waals surface area contributed by atoms with E-state index < -0.39 is 5.97 Å². The predicted molar refractivity (Wildman–Crippen MR) is 84.7 cm³/mol. The van der Waals surface area contributed by atoms with Crippen LogP contribution in [0.4, 0.5) is 0 Å². The molecule has 0 atom stereocenters. The fourth-order valence-corrected chi connectivity index (χ4v) is 2.07. The van der Waals surface area contributed by atoms with Gasteiger partial charge in [-0.15, -0.1) is 0 Å². The molecule has 0 aliphatic heterocycles. The lowest BCUT2D eigenvalue weighted by Gasteiger charge is -1.99. The van der Waals surface area contributed by atoms with Gasteiger partial charge in [-0.3, -0.25) is 4.79 Å². The third-order valence-corrected chi connectivity index (χ3v) is 3.22. The van der Waals surface area contributed by atoms with Crippen LogP contribution in [0.1, 0.15) is 21.6 Å². The molecule has 0 bridgehead atoms. The van der Waals surface area contributed by atoms with Crippen LogP contribution < -0.4 is 5.56 Å². The number of nitrogens with zero attached hydrogens (tertiary/aromatic N) is 1. The van der Waals surface area contributed by atoms with Gasteiger partial charge in [-0.2, -0.15) is 0 Å². The lowest BCUT2D eigenvalue weighted by Crippen LogP contribution is -2.11. The number of hydrogen-bond acceptors (Lipinski definition) is 3. The zero-order valence-electron chi connectivity index (χ0n) is 11.5. The van der Waals surface area contributed by atoms with E-state index in [0.29, 0.717) is 16.7 Å². The molecule has 0 fully saturated rings. The first-order chi connectivity index (χ1) is 10.6. The summed E-state index contributed by atoms with van der Waals surface area (Å²) in [7, 11) is 0. The molecule has 3 aromatic rings. The Morgan fingerprint density at radius 3 is 2.50 bits per heavy atom. The molecule has 5 heteroatoms. The average molecular weight is 292 g/mol. The highest BCUT2D eigenvalue weighted by molar-refractivity contribution is 5.88. The van der Waals surface area contributed by atoms with E-state index in [1.165, 1.54) is 12.1 Å². The highest BCUT2D eigenvalue weighted by Crippen LogP contribution is 2.10. The molecule has 0 aliphatic carbocycles. The fraction of sp³-hybridized carbons (Fsp3) is 0. The minimum atomic E-state index is -0.969. The van der Waals surface area contributed by atoms with Crippen molar-refractivity contribution >= 4 is 29.2 Å². The van der Waals surface area contributed by atoms with Crippen molar-refractivity contribution in [2.75, 3.05) is 0 Å². The molecule has 5 nitrogen and oxygen atoms in total. The number of rotatable bonds is 3. The van der Waals surface area contributed by atoms with Crippen molar-refractivity contribution in [1.82, 2.24) is 9.97 Å². The minimum absolute atomic E-state index is 0.221. The number of nitrogens with one attached hydrogen (secondary N) is 1. The third kappa shape index (κ3) is 2.78. The van der Waals surface area contributed by atoms with E-state index in [-0.39, 0.29) is 11.1 Å². The summed E-state index contributed by atoms with van der Waals surface area (Å²) in [5, 5.41) is 8.85. The van der Waals surface area contributed by atoms with E-state index in [0.717, 1.165) is 5.56 Å². The van der Waals surface area contributed by atoms with Gasteiger partial charge in [0.1, 0.15) is 5.69 Å². The second-order valence-electron chi connectivity index (χ2n) is 4.73. The predicted octanol–water partition coefficient (Wildman–Crippen LogP) is 2.79. The van der Waals surface area contributed by atoms with E-state index in [9.17, 15) is 9.59 Å². The van der Waals surface area contributed by atoms with Crippen molar-refractivity contribution in [3.8, 4) is 0 Å². The Morgan fingerprint density at radius 2 is 1.77 bits per heavy atom. The summed E-state index contributed by atoms with van der Waals surface area (Å²) in [5.74, 6) is -0.969. The van der Waals surface area contributed by atoms with Crippen LogP contribution in [0.15, 0.2) is 53.3 Å². The van der Waals surface area contributed by atoms with Gasteiger partial charge in [-0.1, -0.05) is 30.3 Å². The first kappa shape index (κ1) is 13.8. The summed E-state index contributed by atoms with van der Waals surface area (Å²) in [6.07, 6.45) is 3.33. The number of carbonyl (C=O) groups is 1. The number of hydrogen-bond donors (Lipinski definition) is 2. The number of benzene rings is 2. The van der Waals surface area contributed by atoms with Crippen LogP contribution in [0.2, 0.25) is 0 Å². The molecule has 0 saturated heterocycles. The van der Waals surface area contributed by atoms with Gasteiger partial charge in [-0.05, 0) is 35.9 Å². The van der Waals surface area contributed by atoms with Gasteiger partial charge in [0.15, 0.2) is 0 Å². The van der Waals surface area contributed by atoms with Crippen molar-refractivity contribution in [3.05, 3.63) is 75.7 Å². The Bertz CT molecular complexity index is 925. The van der Waals surface area contributed by atoms with Gasteiger partial charge in [0.05, 0.1) is 16.6 Å². The number of fused-ring (bicyclic) bond motifs is 1. The normalized spacial score (nSPS) is 11.1. The molecular weight excluding hydrogens is 280 g/mol. The minimum Gasteiger partial charge on any atom is -0.478 e. The van der Waals surface area contributed by atoms with E-state index in [1.54, 1.807) is 30.4 Å². The van der Waals surface area contributed by atoms with Gasteiger partial charge in [-0.25, -0.2) is 9.78 Å². The quantitative estimate of drug-likeness (QED) is 0.777. The Balaban J connectivity index is 1.93. The van der Waals surface area contributed by atoms with Crippen molar-refractivity contribution in [2.24, 2.45) is 0 Å². The van der Waals surface area contributed by atoms with Crippen LogP contribution in [-0.2, 0) is 0 Å². The molecule has 0 amide bonds. The summed E-state index contributed by atoms with van der Waals surface area (Å²) >= 11 is 0. The summed E-state index contributed by atoms with van der Waals surface area (Å²) in [6, 6.07) is 13.7. The maximum atomic E-state index is 12.0. The standard InChI is InChI=1S/C17H12N2O3/c20-16-15(18-13-3-1-2-4-14(13)19-16)10-7-11-5-8-12(9-6-11)17(21)22/h1-10H,(H,19,20)(H,21,22)/b10-7+. The molecule has 0 radical (unpaired) electrons. The van der Waals surface area contributed by atoms with Gasteiger partial charge in [0, 0.05) is 0 Å². The number of para-hydroxylation sites is 2. The van der Waals surface area contributed by atoms with Crippen LogP contribution in [0.5, 0.6) is 0 Å². The summed E-state index contributed by atoms with van der Waals surface area (Å²) in [4.78, 5) is 29.8. The zero-order valence-corrected chi connectivity index (χ0v) is 11.5. The molecule has 22 heavy (non-hydrogen) atoms. The topological polar surface area (TPSA) is 83.0 Å². The van der Waals surface area contributed by atoms with E-state index in [2.05, 4.69) is 9.97 Å². The summed E-state index contributed by atoms with van der Waals surface area (Å²) in [6.45, 7) is 0. The van der Waals surface area contributed by atoms with Crippen LogP contribution in [0, 0.1) is 0 Å². The Morgan fingerprint density at radius 1 is 1.05 bits per heavy atom. The third-order valence-electron chi connectivity index (χ3n) is 3.22. The number of carboxylic acids is 1. The van der Waals surface area contributed by atoms with Crippen LogP contribution in [-0.4, -0.2) is 21.0 Å². The fourth-order valence-electron chi connectivity index (χ4n) is 2.07. The highest BCUT2D eigenvalue weighted by Gasteiger charge is 2.02. The second-order valence-corrected chi connectivity index (χ2v) is 4.73. The van der Waals surface area contributed by atoms with Gasteiger partial charge in [0.25, 0.3) is 5.56 Å². The molecule has 2 aromatic carbocycles. The molecule has 0 aliphatic rings. The van der Waals surface area contributed by atoms with Crippen LogP contribution in [0.3, 0.4) is 0 Å². The average Bonchev–Trinajstić information content (AvgIpc) is 2.53. The van der Waals surface area contributed by atoms with Gasteiger partial charge >= 0.3 is 5.97 Å². The Hall–Kier alpha value is -3.21. The largest absolute Gasteiger partial charge is 0.478 e. The zero-order chi connectivity index (χ0) is 15.5. The molecule has 108 valence electrons. The molecular formula is C17H12N2O3. The molecule has 2 N–H and O–H groups in total. The highest BCUT2D eigenvalue weighted by atomic mass is 16.4. The molecule has 3 rings (SSSR count). The van der Waals surface area contributed by atoms with Crippen molar-refractivity contribution in [1.29, 1.82) is 0 Å². The first-order valence-electron chi connectivity index (χ1n) is 6.64. The maximum Gasteiger partial charge on any atom is 0.335 e. The Kier molecular flexibility index (Phi) is 3.53. The van der Waals surface area contributed by atoms with Crippen molar-refractivity contribution < 1.29 is 9.90 Å². The maximum absolute atomic E-state index is 12.0. The molecule has 1 aromatic heterocycles. The van der Waals surface area contributed by atoms with E-state index >= 15 is 0 Å². The van der Waals surface area contributed by atoms with Crippen molar-refractivity contribution in [3.63, 3.8) is 0 Å². The molecule has 1 heterocycles. The second kappa shape index (κ2) is 5.65. The monoisotopic (exact) mass is 292 g/mol. The van der Waals surface area contributed by atoms with Crippen LogP contribution >= 0.6 is 0 Å². The number of aromatic nitrogens is 2. The van der Waals surface area contributed by atoms with Crippen molar-refractivity contribution in [2.45, 2.75) is 0 Å².